The molecule has 0 N–H and O–H groups in total. The molecule has 6 nitrogen and oxygen atoms in total. The molecule has 2 aromatic carbocycles. The smallest absolute Gasteiger partial charge is 0.234 e. The second-order valence-corrected chi connectivity index (χ2v) is 9.62. The third-order valence-corrected chi connectivity index (χ3v) is 7.38. The number of nitrogens with zero attached hydrogens (tertiary/aromatic N) is 5. The number of halogens is 4. The monoisotopic (exact) mass is 519 g/mol. The van der Waals surface area contributed by atoms with Crippen LogP contribution in [0, 0.1) is 11.7 Å². The fourth-order valence-corrected chi connectivity index (χ4v) is 5.11. The van der Waals surface area contributed by atoms with Crippen LogP contribution >= 0.6 is 34.8 Å². The maximum Gasteiger partial charge on any atom is 0.234 e. The molecule has 1 aromatic heterocycles. The number of carbonyl (C=O) groups excluding carboxylic acids is 1. The minimum absolute atomic E-state index is 0.0339. The average molecular weight is 521 g/mol. The zero-order valence-electron chi connectivity index (χ0n) is 18.3. The Morgan fingerprint density at radius 3 is 2.35 bits per heavy atom. The van der Waals surface area contributed by atoms with E-state index in [0.29, 0.717) is 52.8 Å². The highest BCUT2D eigenvalue weighted by Crippen LogP contribution is 2.41. The molecular weight excluding hydrogens is 500 g/mol. The first-order chi connectivity index (χ1) is 16.3. The highest BCUT2D eigenvalue weighted by atomic mass is 35.5. The molecule has 1 saturated heterocycles. The topological polar surface area (TPSA) is 53.7 Å². The van der Waals surface area contributed by atoms with Crippen LogP contribution in [0.4, 0.5) is 15.9 Å². The molecule has 2 aliphatic heterocycles. The van der Waals surface area contributed by atoms with Crippen LogP contribution in [0.1, 0.15) is 18.5 Å². The summed E-state index contributed by atoms with van der Waals surface area (Å²) < 4.78 is 15.0. The molecule has 1 amide bonds. The number of rotatable bonds is 3. The van der Waals surface area contributed by atoms with Crippen LogP contribution in [0.15, 0.2) is 53.7 Å². The van der Waals surface area contributed by atoms with Gasteiger partial charge in [0.2, 0.25) is 5.91 Å². The summed E-state index contributed by atoms with van der Waals surface area (Å²) in [4.78, 5) is 22.5. The Hall–Kier alpha value is -2.61. The van der Waals surface area contributed by atoms with Gasteiger partial charge >= 0.3 is 0 Å². The van der Waals surface area contributed by atoms with E-state index in [1.165, 1.54) is 18.3 Å². The van der Waals surface area contributed by atoms with E-state index in [1.54, 1.807) is 28.9 Å². The molecule has 2 atom stereocenters. The van der Waals surface area contributed by atoms with Gasteiger partial charge in [-0.05, 0) is 48.9 Å². The Kier molecular flexibility index (Phi) is 6.27. The zero-order valence-corrected chi connectivity index (χ0v) is 20.5. The lowest BCUT2D eigenvalue weighted by molar-refractivity contribution is -0.134. The number of hydrogen-bond donors (Lipinski definition) is 0. The number of fused-ring (bicyclic) bond motifs is 1. The number of benzene rings is 2. The Balaban J connectivity index is 1.43. The van der Waals surface area contributed by atoms with Crippen LogP contribution < -0.4 is 4.90 Å². The number of amides is 1. The van der Waals surface area contributed by atoms with Crippen molar-refractivity contribution < 1.29 is 9.18 Å². The van der Waals surface area contributed by atoms with E-state index < -0.39 is 12.0 Å². The van der Waals surface area contributed by atoms with E-state index in [4.69, 9.17) is 34.8 Å². The van der Waals surface area contributed by atoms with E-state index in [1.807, 2.05) is 17.9 Å². The first-order valence-corrected chi connectivity index (χ1v) is 12.0. The number of hydrogen-bond acceptors (Lipinski definition) is 4. The van der Waals surface area contributed by atoms with Gasteiger partial charge in [0.05, 0.1) is 22.3 Å². The summed E-state index contributed by atoms with van der Waals surface area (Å²) in [5.41, 5.74) is 2.40. The zero-order chi connectivity index (χ0) is 24.0. The van der Waals surface area contributed by atoms with Crippen LogP contribution in [0.2, 0.25) is 15.1 Å². The van der Waals surface area contributed by atoms with Crippen molar-refractivity contribution in [3.8, 4) is 0 Å². The van der Waals surface area contributed by atoms with Crippen molar-refractivity contribution in [1.29, 1.82) is 0 Å². The van der Waals surface area contributed by atoms with E-state index in [2.05, 4.69) is 15.0 Å². The summed E-state index contributed by atoms with van der Waals surface area (Å²) in [7, 11) is 0. The molecule has 10 heteroatoms. The molecule has 2 aliphatic rings. The van der Waals surface area contributed by atoms with Crippen molar-refractivity contribution in [3.63, 3.8) is 0 Å². The molecule has 0 bridgehead atoms. The van der Waals surface area contributed by atoms with Crippen molar-refractivity contribution in [2.45, 2.75) is 13.0 Å². The second-order valence-electron chi connectivity index (χ2n) is 8.40. The summed E-state index contributed by atoms with van der Waals surface area (Å²) in [5.74, 6) is -0.358. The van der Waals surface area contributed by atoms with Gasteiger partial charge in [0.25, 0.3) is 0 Å². The number of carbonyl (C=O) groups is 1. The SMILES string of the molecule is CC1=Nc2c(Cl)cnn2C(c2ccc(Cl)c(Cl)c2)C1C(=O)N1CCN(c2ccc(F)cc2)CC1. The predicted octanol–water partition coefficient (Wildman–Crippen LogP) is 5.64. The van der Waals surface area contributed by atoms with Crippen LogP contribution in [0.3, 0.4) is 0 Å². The van der Waals surface area contributed by atoms with Crippen LogP contribution in [-0.4, -0.2) is 52.5 Å². The molecule has 2 unspecified atom stereocenters. The molecule has 1 fully saturated rings. The van der Waals surface area contributed by atoms with Gasteiger partial charge in [0.1, 0.15) is 16.8 Å². The maximum atomic E-state index is 13.8. The predicted molar refractivity (Wildman–Crippen MR) is 133 cm³/mol. The fourth-order valence-electron chi connectivity index (χ4n) is 4.63. The third kappa shape index (κ3) is 4.17. The first kappa shape index (κ1) is 23.1. The Morgan fingerprint density at radius 1 is 0.971 bits per heavy atom. The van der Waals surface area contributed by atoms with Crippen molar-refractivity contribution in [3.05, 3.63) is 75.1 Å². The summed E-state index contributed by atoms with van der Waals surface area (Å²) >= 11 is 18.8. The number of aromatic nitrogens is 2. The molecule has 3 aromatic rings. The number of aliphatic imine (C=N–C) groups is 1. The van der Waals surface area contributed by atoms with Gasteiger partial charge in [-0.25, -0.2) is 14.1 Å². The summed E-state index contributed by atoms with van der Waals surface area (Å²) in [6.45, 7) is 4.23. The minimum Gasteiger partial charge on any atom is -0.368 e. The summed E-state index contributed by atoms with van der Waals surface area (Å²) in [6.07, 6.45) is 1.53. The van der Waals surface area contributed by atoms with E-state index in [9.17, 15) is 9.18 Å². The van der Waals surface area contributed by atoms with Gasteiger partial charge < -0.3 is 9.80 Å². The molecule has 34 heavy (non-hydrogen) atoms. The molecule has 0 saturated carbocycles. The quantitative estimate of drug-likeness (QED) is 0.449. The van der Waals surface area contributed by atoms with Gasteiger partial charge in [-0.1, -0.05) is 40.9 Å². The molecular formula is C24H21Cl3FN5O. The van der Waals surface area contributed by atoms with Gasteiger partial charge in [0.15, 0.2) is 5.82 Å². The normalized spacial score (nSPS) is 20.2. The van der Waals surface area contributed by atoms with E-state index in [-0.39, 0.29) is 11.7 Å². The Bertz CT molecular complexity index is 1270. The first-order valence-electron chi connectivity index (χ1n) is 10.9. The van der Waals surface area contributed by atoms with Gasteiger partial charge in [-0.3, -0.25) is 4.79 Å². The summed E-state index contributed by atoms with van der Waals surface area (Å²) in [6, 6.07) is 11.3. The highest BCUT2D eigenvalue weighted by Gasteiger charge is 2.41. The largest absolute Gasteiger partial charge is 0.368 e. The Labute approximate surface area is 211 Å². The highest BCUT2D eigenvalue weighted by molar-refractivity contribution is 6.42. The lowest BCUT2D eigenvalue weighted by Crippen LogP contribution is -2.53. The van der Waals surface area contributed by atoms with Gasteiger partial charge in [0, 0.05) is 37.6 Å². The van der Waals surface area contributed by atoms with Gasteiger partial charge in [-0.15, -0.1) is 0 Å². The standard InChI is InChI=1S/C24H21Cl3FN5O/c1-14-21(24(34)32-10-8-31(9-11-32)17-5-3-16(28)4-6-17)22(15-2-7-18(25)19(26)12-15)33-23(30-14)20(27)13-29-33/h2-7,12-13,21-22H,8-11H2,1H3. The fraction of sp³-hybridized carbons (Fsp3) is 0.292. The molecule has 0 spiro atoms. The van der Waals surface area contributed by atoms with Crippen LogP contribution in [-0.2, 0) is 4.79 Å². The molecule has 0 aliphatic carbocycles. The summed E-state index contributed by atoms with van der Waals surface area (Å²) in [5, 5.41) is 5.69. The van der Waals surface area contributed by atoms with Crippen molar-refractivity contribution >= 4 is 57.9 Å². The lowest BCUT2D eigenvalue weighted by atomic mass is 9.87. The molecule has 5 rings (SSSR count). The van der Waals surface area contributed by atoms with E-state index >= 15 is 0 Å². The van der Waals surface area contributed by atoms with Crippen LogP contribution in [0.25, 0.3) is 0 Å². The maximum absolute atomic E-state index is 13.8. The molecule has 176 valence electrons. The third-order valence-electron chi connectivity index (χ3n) is 6.37. The van der Waals surface area contributed by atoms with E-state index in [0.717, 1.165) is 11.3 Å². The minimum atomic E-state index is -0.571. The van der Waals surface area contributed by atoms with Crippen molar-refractivity contribution in [2.24, 2.45) is 10.9 Å². The Morgan fingerprint density at radius 2 is 1.68 bits per heavy atom. The van der Waals surface area contributed by atoms with Gasteiger partial charge in [-0.2, -0.15) is 5.10 Å². The second kappa shape index (κ2) is 9.21. The van der Waals surface area contributed by atoms with Crippen LogP contribution in [0.5, 0.6) is 0 Å². The average Bonchev–Trinajstić information content (AvgIpc) is 3.20. The van der Waals surface area contributed by atoms with Crippen molar-refractivity contribution in [1.82, 2.24) is 14.7 Å². The molecule has 0 radical (unpaired) electrons. The molecule has 3 heterocycles. The number of anilines is 1. The number of piperazine rings is 1. The van der Waals surface area contributed by atoms with Crippen molar-refractivity contribution in [2.75, 3.05) is 31.1 Å². The lowest BCUT2D eigenvalue weighted by Gasteiger charge is -2.40.